The number of carbonyl (C=O) groups is 2. The Morgan fingerprint density at radius 3 is 2.79 bits per heavy atom. The van der Waals surface area contributed by atoms with E-state index in [-0.39, 0.29) is 30.6 Å². The minimum absolute atomic E-state index is 0.109. The van der Waals surface area contributed by atoms with Gasteiger partial charge in [-0.15, -0.1) is 0 Å². The lowest BCUT2D eigenvalue weighted by atomic mass is 10.1. The van der Waals surface area contributed by atoms with Crippen molar-refractivity contribution in [2.45, 2.75) is 20.3 Å². The fraction of sp³-hybridized carbons (Fsp3) is 0.238. The Kier molecular flexibility index (Phi) is 4.84. The molecular weight excluding hydrogens is 375 g/mol. The fourth-order valence-corrected chi connectivity index (χ4v) is 3.36. The van der Waals surface area contributed by atoms with E-state index in [1.807, 2.05) is 6.07 Å². The zero-order valence-electron chi connectivity index (χ0n) is 16.0. The van der Waals surface area contributed by atoms with E-state index in [9.17, 15) is 14.0 Å². The van der Waals surface area contributed by atoms with Gasteiger partial charge in [-0.2, -0.15) is 4.98 Å². The third-order valence-electron chi connectivity index (χ3n) is 4.89. The normalized spacial score (nSPS) is 16.3. The molecule has 1 aliphatic rings. The summed E-state index contributed by atoms with van der Waals surface area (Å²) in [4.78, 5) is 31.0. The molecule has 1 saturated heterocycles. The van der Waals surface area contributed by atoms with E-state index in [1.54, 1.807) is 36.9 Å². The Labute approximate surface area is 166 Å². The summed E-state index contributed by atoms with van der Waals surface area (Å²) < 4.78 is 18.3. The van der Waals surface area contributed by atoms with Crippen molar-refractivity contribution in [1.29, 1.82) is 0 Å². The van der Waals surface area contributed by atoms with E-state index in [2.05, 4.69) is 15.5 Å². The lowest BCUT2D eigenvalue weighted by molar-refractivity contribution is -0.122. The molecule has 0 spiro atoms. The zero-order chi connectivity index (χ0) is 20.5. The maximum absolute atomic E-state index is 13.3. The maximum atomic E-state index is 13.3. The lowest BCUT2D eigenvalue weighted by Gasteiger charge is -2.17. The van der Waals surface area contributed by atoms with E-state index in [0.717, 1.165) is 5.56 Å². The van der Waals surface area contributed by atoms with E-state index in [1.165, 1.54) is 18.2 Å². The Hall–Kier alpha value is -3.55. The molecule has 1 fully saturated rings. The quantitative estimate of drug-likeness (QED) is 0.732. The summed E-state index contributed by atoms with van der Waals surface area (Å²) >= 11 is 0. The second kappa shape index (κ2) is 7.46. The first kappa shape index (κ1) is 18.8. The van der Waals surface area contributed by atoms with Crippen LogP contribution in [0.4, 0.5) is 15.8 Å². The fourth-order valence-electron chi connectivity index (χ4n) is 3.36. The van der Waals surface area contributed by atoms with Crippen molar-refractivity contribution in [3.63, 3.8) is 0 Å². The van der Waals surface area contributed by atoms with E-state index in [4.69, 9.17) is 4.52 Å². The average molecular weight is 394 g/mol. The van der Waals surface area contributed by atoms with Crippen LogP contribution < -0.4 is 10.2 Å². The van der Waals surface area contributed by atoms with Gasteiger partial charge in [0.15, 0.2) is 0 Å². The highest BCUT2D eigenvalue weighted by molar-refractivity contribution is 6.03. The van der Waals surface area contributed by atoms with E-state index >= 15 is 0 Å². The SMILES string of the molecule is Cc1nc(-c2cccc(N3CC(C(=O)Nc4ccc(F)cc4C)CC3=O)c2)no1. The molecular formula is C21H19FN4O3. The Morgan fingerprint density at radius 1 is 1.24 bits per heavy atom. The number of benzene rings is 2. The molecule has 1 N–H and O–H groups in total. The van der Waals surface area contributed by atoms with Gasteiger partial charge in [0.2, 0.25) is 23.5 Å². The smallest absolute Gasteiger partial charge is 0.229 e. The van der Waals surface area contributed by atoms with E-state index in [0.29, 0.717) is 28.7 Å². The predicted molar refractivity (Wildman–Crippen MR) is 105 cm³/mol. The molecule has 1 unspecified atom stereocenters. The molecule has 2 amide bonds. The van der Waals surface area contributed by atoms with Gasteiger partial charge in [-0.25, -0.2) is 4.39 Å². The summed E-state index contributed by atoms with van der Waals surface area (Å²) in [5.74, 6) is -0.363. The van der Waals surface area contributed by atoms with Crippen LogP contribution in [0, 0.1) is 25.6 Å². The van der Waals surface area contributed by atoms with Crippen molar-refractivity contribution < 1.29 is 18.5 Å². The highest BCUT2D eigenvalue weighted by atomic mass is 19.1. The third kappa shape index (κ3) is 3.87. The first-order chi connectivity index (χ1) is 13.9. The molecule has 2 heterocycles. The van der Waals surface area contributed by atoms with Crippen LogP contribution in [0.5, 0.6) is 0 Å². The number of halogens is 1. The molecule has 3 aromatic rings. The monoisotopic (exact) mass is 394 g/mol. The Bertz CT molecular complexity index is 1100. The predicted octanol–water partition coefficient (Wildman–Crippen LogP) is 3.48. The van der Waals surface area contributed by atoms with Crippen LogP contribution in [-0.2, 0) is 9.59 Å². The number of nitrogens with one attached hydrogen (secondary N) is 1. The van der Waals surface area contributed by atoms with Crippen LogP contribution in [0.1, 0.15) is 17.9 Å². The van der Waals surface area contributed by atoms with Crippen LogP contribution in [-0.4, -0.2) is 28.5 Å². The number of rotatable bonds is 4. The number of aromatic nitrogens is 2. The first-order valence-electron chi connectivity index (χ1n) is 9.19. The maximum Gasteiger partial charge on any atom is 0.229 e. The highest BCUT2D eigenvalue weighted by Gasteiger charge is 2.35. The van der Waals surface area contributed by atoms with Crippen molar-refractivity contribution in [3.05, 3.63) is 59.7 Å². The molecule has 8 heteroatoms. The van der Waals surface area contributed by atoms with Gasteiger partial charge in [-0.05, 0) is 42.8 Å². The number of amides is 2. The summed E-state index contributed by atoms with van der Waals surface area (Å²) in [6, 6.07) is 11.4. The van der Waals surface area contributed by atoms with Crippen LogP contribution in [0.25, 0.3) is 11.4 Å². The van der Waals surface area contributed by atoms with Crippen molar-refractivity contribution in [3.8, 4) is 11.4 Å². The average Bonchev–Trinajstić information content (AvgIpc) is 3.30. The van der Waals surface area contributed by atoms with Crippen molar-refractivity contribution >= 4 is 23.2 Å². The molecule has 29 heavy (non-hydrogen) atoms. The molecule has 148 valence electrons. The minimum Gasteiger partial charge on any atom is -0.339 e. The highest BCUT2D eigenvalue weighted by Crippen LogP contribution is 2.29. The van der Waals surface area contributed by atoms with Crippen LogP contribution in [0.2, 0.25) is 0 Å². The van der Waals surface area contributed by atoms with Crippen molar-refractivity contribution in [2.24, 2.45) is 5.92 Å². The number of aryl methyl sites for hydroxylation is 2. The van der Waals surface area contributed by atoms with Crippen LogP contribution in [0.15, 0.2) is 47.0 Å². The van der Waals surface area contributed by atoms with Gasteiger partial charge in [0.25, 0.3) is 0 Å². The molecule has 0 bridgehead atoms. The number of anilines is 2. The molecule has 0 saturated carbocycles. The van der Waals surface area contributed by atoms with E-state index < -0.39 is 5.92 Å². The summed E-state index contributed by atoms with van der Waals surface area (Å²) in [6.45, 7) is 3.69. The van der Waals surface area contributed by atoms with Gasteiger partial charge >= 0.3 is 0 Å². The first-order valence-corrected chi connectivity index (χ1v) is 9.19. The van der Waals surface area contributed by atoms with Gasteiger partial charge in [0.1, 0.15) is 5.82 Å². The molecule has 0 radical (unpaired) electrons. The lowest BCUT2D eigenvalue weighted by Crippen LogP contribution is -2.28. The minimum atomic E-state index is -0.497. The molecule has 1 aromatic heterocycles. The molecule has 4 rings (SSSR count). The van der Waals surface area contributed by atoms with Gasteiger partial charge in [-0.3, -0.25) is 9.59 Å². The Morgan fingerprint density at radius 2 is 2.07 bits per heavy atom. The van der Waals surface area contributed by atoms with Gasteiger partial charge < -0.3 is 14.7 Å². The number of hydrogen-bond donors (Lipinski definition) is 1. The van der Waals surface area contributed by atoms with Gasteiger partial charge in [-0.1, -0.05) is 17.3 Å². The number of hydrogen-bond acceptors (Lipinski definition) is 5. The van der Waals surface area contributed by atoms with Crippen molar-refractivity contribution in [2.75, 3.05) is 16.8 Å². The summed E-state index contributed by atoms with van der Waals surface area (Å²) in [7, 11) is 0. The molecule has 0 aliphatic carbocycles. The molecule has 1 aliphatic heterocycles. The largest absolute Gasteiger partial charge is 0.339 e. The van der Waals surface area contributed by atoms with Gasteiger partial charge in [0.05, 0.1) is 5.92 Å². The van der Waals surface area contributed by atoms with Crippen LogP contribution >= 0.6 is 0 Å². The zero-order valence-corrected chi connectivity index (χ0v) is 16.0. The van der Waals surface area contributed by atoms with Crippen molar-refractivity contribution in [1.82, 2.24) is 10.1 Å². The summed E-state index contributed by atoms with van der Waals surface area (Å²) in [5, 5.41) is 6.69. The second-order valence-electron chi connectivity index (χ2n) is 7.04. The van der Waals surface area contributed by atoms with Crippen LogP contribution in [0.3, 0.4) is 0 Å². The third-order valence-corrected chi connectivity index (χ3v) is 4.89. The summed E-state index contributed by atoms with van der Waals surface area (Å²) in [6.07, 6.45) is 0.109. The Balaban J connectivity index is 1.50. The molecule has 7 nitrogen and oxygen atoms in total. The molecule has 2 aromatic carbocycles. The summed E-state index contributed by atoms with van der Waals surface area (Å²) in [5.41, 5.74) is 2.56. The number of nitrogens with zero attached hydrogens (tertiary/aromatic N) is 3. The molecule has 1 atom stereocenters. The topological polar surface area (TPSA) is 88.3 Å². The number of carbonyl (C=O) groups excluding carboxylic acids is 2. The van der Waals surface area contributed by atoms with Gasteiger partial charge in [0, 0.05) is 36.8 Å². The second-order valence-corrected chi connectivity index (χ2v) is 7.04. The standard InChI is InChI=1S/C21H19FN4O3/c1-12-8-16(22)6-7-18(12)24-21(28)15-10-19(27)26(11-15)17-5-3-4-14(9-17)20-23-13(2)29-25-20/h3-9,15H,10-11H2,1-2H3,(H,24,28).